The number of unbranched alkanes of at least 4 members (excludes halogenated alkanes) is 7. The predicted molar refractivity (Wildman–Crippen MR) is 192 cm³/mol. The van der Waals surface area contributed by atoms with E-state index < -0.39 is 11.7 Å². The molecule has 1 heterocycles. The number of hydrogen-bond donors (Lipinski definition) is 1. The van der Waals surface area contributed by atoms with Crippen LogP contribution in [0.1, 0.15) is 101 Å². The van der Waals surface area contributed by atoms with Gasteiger partial charge in [0.15, 0.2) is 0 Å². The summed E-state index contributed by atoms with van der Waals surface area (Å²) < 4.78 is 23.4. The summed E-state index contributed by atoms with van der Waals surface area (Å²) in [6, 6.07) is 26.2. The molecule has 1 amide bonds. The van der Waals surface area contributed by atoms with Crippen LogP contribution < -0.4 is 9.47 Å². The monoisotopic (exact) mass is 673 g/mol. The van der Waals surface area contributed by atoms with Crippen LogP contribution in [0.4, 0.5) is 0 Å². The molecule has 8 nitrogen and oxygen atoms in total. The second-order valence-corrected chi connectivity index (χ2v) is 13.0. The fourth-order valence-electron chi connectivity index (χ4n) is 6.66. The van der Waals surface area contributed by atoms with Crippen molar-refractivity contribution in [3.05, 3.63) is 95.6 Å². The van der Waals surface area contributed by atoms with Gasteiger partial charge in [-0.1, -0.05) is 100 Å². The summed E-state index contributed by atoms with van der Waals surface area (Å²) in [6.07, 6.45) is 9.36. The van der Waals surface area contributed by atoms with Crippen LogP contribution in [0.25, 0.3) is 0 Å². The number of carbonyl (C=O) groups excluding carboxylic acids is 2. The number of amides is 1. The summed E-state index contributed by atoms with van der Waals surface area (Å²) in [4.78, 5) is 26.9. The lowest BCUT2D eigenvalue weighted by Crippen LogP contribution is -2.38. The SMILES string of the molecule is CCCCCCC(=O)N1C[C@H](O)C[C@H]1COC(=O)CCCCCCCOC(c1ccccc1)(c1ccc(OC)cc1)c1ccc(OC)cc1. The number of carbonyl (C=O) groups is 2. The first kappa shape index (κ1) is 37.9. The maximum atomic E-state index is 12.7. The van der Waals surface area contributed by atoms with E-state index in [4.69, 9.17) is 18.9 Å². The Bertz CT molecular complexity index is 1350. The van der Waals surface area contributed by atoms with Gasteiger partial charge in [-0.05, 0) is 66.6 Å². The Morgan fingerprint density at radius 2 is 1.29 bits per heavy atom. The molecule has 0 aromatic heterocycles. The lowest BCUT2D eigenvalue weighted by atomic mass is 9.80. The molecule has 266 valence electrons. The topological polar surface area (TPSA) is 94.5 Å². The molecule has 0 aliphatic carbocycles. The lowest BCUT2D eigenvalue weighted by Gasteiger charge is -2.36. The fraction of sp³-hybridized carbons (Fsp3) is 0.512. The minimum absolute atomic E-state index is 0.0479. The molecule has 3 aromatic rings. The molecule has 8 heteroatoms. The summed E-state index contributed by atoms with van der Waals surface area (Å²) in [5, 5.41) is 10.2. The van der Waals surface area contributed by atoms with Crippen molar-refractivity contribution in [2.24, 2.45) is 0 Å². The van der Waals surface area contributed by atoms with Crippen LogP contribution in [0.3, 0.4) is 0 Å². The van der Waals surface area contributed by atoms with E-state index in [2.05, 4.69) is 43.3 Å². The molecule has 0 unspecified atom stereocenters. The number of aliphatic hydroxyl groups is 1. The Labute approximate surface area is 292 Å². The summed E-state index contributed by atoms with van der Waals surface area (Å²) in [6.45, 7) is 3.17. The number of rotatable bonds is 21. The molecule has 0 saturated carbocycles. The molecule has 0 radical (unpaired) electrons. The summed E-state index contributed by atoms with van der Waals surface area (Å²) in [7, 11) is 3.33. The van der Waals surface area contributed by atoms with E-state index >= 15 is 0 Å². The molecule has 49 heavy (non-hydrogen) atoms. The first-order valence-electron chi connectivity index (χ1n) is 18.0. The van der Waals surface area contributed by atoms with E-state index in [-0.39, 0.29) is 24.5 Å². The molecule has 4 rings (SSSR count). The molecule has 1 N–H and O–H groups in total. The third-order valence-electron chi connectivity index (χ3n) is 9.41. The highest BCUT2D eigenvalue weighted by atomic mass is 16.5. The highest BCUT2D eigenvalue weighted by molar-refractivity contribution is 5.77. The van der Waals surface area contributed by atoms with E-state index in [9.17, 15) is 14.7 Å². The molecule has 1 aliphatic rings. The van der Waals surface area contributed by atoms with E-state index in [1.807, 2.05) is 42.5 Å². The van der Waals surface area contributed by atoms with Crippen molar-refractivity contribution in [3.63, 3.8) is 0 Å². The van der Waals surface area contributed by atoms with Crippen LogP contribution in [0, 0.1) is 0 Å². The van der Waals surface area contributed by atoms with Crippen LogP contribution in [0.15, 0.2) is 78.9 Å². The minimum Gasteiger partial charge on any atom is -0.497 e. The van der Waals surface area contributed by atoms with Gasteiger partial charge in [-0.25, -0.2) is 0 Å². The molecule has 1 saturated heterocycles. The quantitative estimate of drug-likeness (QED) is 0.0700. The van der Waals surface area contributed by atoms with Gasteiger partial charge in [-0.2, -0.15) is 0 Å². The molecule has 0 bridgehead atoms. The van der Waals surface area contributed by atoms with E-state index in [1.165, 1.54) is 0 Å². The van der Waals surface area contributed by atoms with Gasteiger partial charge in [0.25, 0.3) is 0 Å². The van der Waals surface area contributed by atoms with Crippen molar-refractivity contribution in [1.29, 1.82) is 0 Å². The number of β-amino-alcohol motifs (C(OH)–C–C–N with tert-alkyl or cyclic N) is 1. The standard InChI is InChI=1S/C41H55NO7/c1-4-5-6-13-18-39(44)42-30-36(43)29-35(42)31-48-40(45)19-14-8-7-9-15-28-49-41(32-16-11-10-12-17-32,33-20-24-37(46-2)25-21-33)34-22-26-38(47-3)27-23-34/h10-12,16-17,20-27,35-36,43H,4-9,13-15,18-19,28-31H2,1-3H3/t35-,36+/m0/s1. The van der Waals surface area contributed by atoms with Gasteiger partial charge in [-0.15, -0.1) is 0 Å². The molecule has 3 aromatic carbocycles. The van der Waals surface area contributed by atoms with Crippen molar-refractivity contribution in [2.45, 2.75) is 102 Å². The number of likely N-dealkylation sites (tertiary alicyclic amines) is 1. The van der Waals surface area contributed by atoms with Gasteiger partial charge in [-0.3, -0.25) is 9.59 Å². The Hall–Kier alpha value is -3.88. The maximum Gasteiger partial charge on any atom is 0.305 e. The molecule has 2 atom stereocenters. The number of esters is 1. The predicted octanol–water partition coefficient (Wildman–Crippen LogP) is 7.83. The van der Waals surface area contributed by atoms with Crippen LogP contribution in [0.5, 0.6) is 11.5 Å². The largest absolute Gasteiger partial charge is 0.497 e. The van der Waals surface area contributed by atoms with Crippen LogP contribution in [-0.4, -0.2) is 68.0 Å². The minimum atomic E-state index is -0.825. The Kier molecular flexibility index (Phi) is 15.4. The van der Waals surface area contributed by atoms with Gasteiger partial charge in [0, 0.05) is 26.0 Å². The highest BCUT2D eigenvalue weighted by Crippen LogP contribution is 2.41. The lowest BCUT2D eigenvalue weighted by molar-refractivity contribution is -0.147. The Morgan fingerprint density at radius 3 is 1.90 bits per heavy atom. The Morgan fingerprint density at radius 1 is 0.735 bits per heavy atom. The summed E-state index contributed by atoms with van der Waals surface area (Å²) in [5.74, 6) is 1.37. The third-order valence-corrected chi connectivity index (χ3v) is 9.41. The average Bonchev–Trinajstić information content (AvgIpc) is 3.52. The number of nitrogens with zero attached hydrogens (tertiary/aromatic N) is 1. The van der Waals surface area contributed by atoms with Crippen molar-refractivity contribution >= 4 is 11.9 Å². The van der Waals surface area contributed by atoms with Gasteiger partial charge >= 0.3 is 5.97 Å². The van der Waals surface area contributed by atoms with Crippen LogP contribution in [0.2, 0.25) is 0 Å². The molecule has 1 fully saturated rings. The normalized spacial score (nSPS) is 16.0. The summed E-state index contributed by atoms with van der Waals surface area (Å²) in [5.41, 5.74) is 2.23. The smallest absolute Gasteiger partial charge is 0.305 e. The maximum absolute atomic E-state index is 12.7. The zero-order chi connectivity index (χ0) is 34.9. The second-order valence-electron chi connectivity index (χ2n) is 13.0. The number of benzene rings is 3. The number of ether oxygens (including phenoxy) is 4. The zero-order valence-electron chi connectivity index (χ0n) is 29.6. The van der Waals surface area contributed by atoms with Gasteiger partial charge in [0.2, 0.25) is 5.91 Å². The Balaban J connectivity index is 1.25. The van der Waals surface area contributed by atoms with Crippen molar-refractivity contribution in [2.75, 3.05) is 34.0 Å². The number of methoxy groups -OCH3 is 2. The van der Waals surface area contributed by atoms with Crippen molar-refractivity contribution in [3.8, 4) is 11.5 Å². The molecular weight excluding hydrogens is 618 g/mol. The van der Waals surface area contributed by atoms with Gasteiger partial charge < -0.3 is 29.0 Å². The average molecular weight is 674 g/mol. The first-order valence-corrected chi connectivity index (χ1v) is 18.0. The van der Waals surface area contributed by atoms with E-state index in [0.717, 1.165) is 86.0 Å². The fourth-order valence-corrected chi connectivity index (χ4v) is 6.66. The van der Waals surface area contributed by atoms with Crippen molar-refractivity contribution < 1.29 is 33.6 Å². The first-order chi connectivity index (χ1) is 23.9. The second kappa shape index (κ2) is 20.0. The van der Waals surface area contributed by atoms with Gasteiger partial charge in [0.05, 0.1) is 26.4 Å². The molecule has 0 spiro atoms. The highest BCUT2D eigenvalue weighted by Gasteiger charge is 2.38. The van der Waals surface area contributed by atoms with Crippen molar-refractivity contribution in [1.82, 2.24) is 4.90 Å². The van der Waals surface area contributed by atoms with E-state index in [1.54, 1.807) is 19.1 Å². The molecule has 1 aliphatic heterocycles. The van der Waals surface area contributed by atoms with E-state index in [0.29, 0.717) is 32.4 Å². The third kappa shape index (κ3) is 10.8. The number of hydrogen-bond acceptors (Lipinski definition) is 7. The number of aliphatic hydroxyl groups excluding tert-OH is 1. The van der Waals surface area contributed by atoms with Crippen LogP contribution in [-0.2, 0) is 24.7 Å². The summed E-state index contributed by atoms with van der Waals surface area (Å²) >= 11 is 0. The van der Waals surface area contributed by atoms with Gasteiger partial charge in [0.1, 0.15) is 23.7 Å². The molecular formula is C41H55NO7. The van der Waals surface area contributed by atoms with Crippen LogP contribution >= 0.6 is 0 Å². The zero-order valence-corrected chi connectivity index (χ0v) is 29.6.